The number of carbonyl (C=O) groups excluding carboxylic acids is 3. The molecule has 0 saturated carbocycles. The molecular weight excluding hydrogens is 672 g/mol. The molecular formula is C39H46N10O4. The van der Waals surface area contributed by atoms with E-state index in [4.69, 9.17) is 10.5 Å². The number of hydrogen-bond donors (Lipinski definition) is 2. The van der Waals surface area contributed by atoms with Crippen LogP contribution in [-0.2, 0) is 4.74 Å². The first-order valence-electron chi connectivity index (χ1n) is 17.0. The van der Waals surface area contributed by atoms with E-state index in [1.807, 2.05) is 90.9 Å². The van der Waals surface area contributed by atoms with Gasteiger partial charge in [0.2, 0.25) is 0 Å². The van der Waals surface area contributed by atoms with Gasteiger partial charge in [-0.1, -0.05) is 12.1 Å². The number of aromatic nitrogens is 6. The zero-order chi connectivity index (χ0) is 38.9. The molecule has 0 radical (unpaired) electrons. The molecule has 0 saturated heterocycles. The summed E-state index contributed by atoms with van der Waals surface area (Å²) in [5.74, 6) is -0.279. The number of ether oxygens (including phenoxy) is 1. The van der Waals surface area contributed by atoms with Crippen molar-refractivity contribution in [2.24, 2.45) is 0 Å². The lowest BCUT2D eigenvalue weighted by molar-refractivity contribution is 0.0635. The number of nitrogens with zero attached hydrogens (tertiary/aromatic N) is 8. The summed E-state index contributed by atoms with van der Waals surface area (Å²) in [4.78, 5) is 48.3. The minimum absolute atomic E-state index is 0.123. The largest absolute Gasteiger partial charge is 0.444 e. The number of hydrogen-bond acceptors (Lipinski definition) is 9. The average molecular weight is 719 g/mol. The van der Waals surface area contributed by atoms with Crippen molar-refractivity contribution in [1.82, 2.24) is 39.0 Å². The Hall–Kier alpha value is -6.31. The Morgan fingerprint density at radius 1 is 0.679 bits per heavy atom. The van der Waals surface area contributed by atoms with E-state index in [-0.39, 0.29) is 11.8 Å². The second-order valence-electron chi connectivity index (χ2n) is 14.3. The zero-order valence-corrected chi connectivity index (χ0v) is 32.1. The quantitative estimate of drug-likeness (QED) is 0.193. The Morgan fingerprint density at radius 3 is 1.55 bits per heavy atom. The zero-order valence-electron chi connectivity index (χ0n) is 32.1. The summed E-state index contributed by atoms with van der Waals surface area (Å²) in [6.07, 6.45) is -0.500. The van der Waals surface area contributed by atoms with Crippen LogP contribution in [0.2, 0.25) is 0 Å². The summed E-state index contributed by atoms with van der Waals surface area (Å²) in [5.41, 5.74) is 15.8. The van der Waals surface area contributed by atoms with Crippen molar-refractivity contribution in [2.45, 2.75) is 54.1 Å². The molecule has 4 aromatic heterocycles. The van der Waals surface area contributed by atoms with Crippen molar-refractivity contribution in [3.63, 3.8) is 0 Å². The molecule has 2 aromatic carbocycles. The minimum atomic E-state index is -0.562. The summed E-state index contributed by atoms with van der Waals surface area (Å²) in [6.45, 7) is 13.2. The maximum atomic E-state index is 12.3. The van der Waals surface area contributed by atoms with Crippen LogP contribution < -0.4 is 11.1 Å². The SMILES string of the molecule is Cc1cc(N)ccc1-c1cc2nc(C(=O)N(C)C)cc(C)n2n1.Cc1cc(NC(=O)OC(C)(C)C)ccc1-c1cc2nc(C(=O)N(C)C)cc(C)n2n1. The van der Waals surface area contributed by atoms with Crippen molar-refractivity contribution in [3.8, 4) is 22.5 Å². The highest BCUT2D eigenvalue weighted by molar-refractivity contribution is 5.93. The van der Waals surface area contributed by atoms with Gasteiger partial charge in [-0.15, -0.1) is 0 Å². The normalized spacial score (nSPS) is 11.2. The highest BCUT2D eigenvalue weighted by Gasteiger charge is 2.19. The van der Waals surface area contributed by atoms with Crippen molar-refractivity contribution in [3.05, 3.63) is 94.6 Å². The highest BCUT2D eigenvalue weighted by atomic mass is 16.6. The van der Waals surface area contributed by atoms with Crippen LogP contribution in [0.3, 0.4) is 0 Å². The number of benzene rings is 2. The maximum absolute atomic E-state index is 12.3. The second kappa shape index (κ2) is 14.7. The van der Waals surface area contributed by atoms with Gasteiger partial charge in [-0.2, -0.15) is 10.2 Å². The van der Waals surface area contributed by atoms with Gasteiger partial charge in [0, 0.05) is 74.2 Å². The first-order valence-corrected chi connectivity index (χ1v) is 17.0. The van der Waals surface area contributed by atoms with Gasteiger partial charge in [-0.3, -0.25) is 14.9 Å². The molecule has 3 N–H and O–H groups in total. The fourth-order valence-electron chi connectivity index (χ4n) is 5.62. The van der Waals surface area contributed by atoms with Crippen molar-refractivity contribution in [1.29, 1.82) is 0 Å². The van der Waals surface area contributed by atoms with Crippen LogP contribution >= 0.6 is 0 Å². The summed E-state index contributed by atoms with van der Waals surface area (Å²) < 4.78 is 8.76. The molecule has 0 aliphatic carbocycles. The van der Waals surface area contributed by atoms with Gasteiger partial charge in [0.05, 0.1) is 11.4 Å². The van der Waals surface area contributed by atoms with E-state index < -0.39 is 11.7 Å². The first-order chi connectivity index (χ1) is 24.8. The molecule has 6 aromatic rings. The maximum Gasteiger partial charge on any atom is 0.412 e. The molecule has 4 heterocycles. The van der Waals surface area contributed by atoms with Gasteiger partial charge >= 0.3 is 6.09 Å². The molecule has 0 unspecified atom stereocenters. The molecule has 0 fully saturated rings. The fourth-order valence-corrected chi connectivity index (χ4v) is 5.62. The van der Waals surface area contributed by atoms with Crippen LogP contribution in [0.25, 0.3) is 33.8 Å². The monoisotopic (exact) mass is 718 g/mol. The smallest absolute Gasteiger partial charge is 0.412 e. The number of fused-ring (bicyclic) bond motifs is 2. The van der Waals surface area contributed by atoms with E-state index in [0.29, 0.717) is 28.4 Å². The van der Waals surface area contributed by atoms with Gasteiger partial charge in [-0.05, 0) is 96.0 Å². The van der Waals surface area contributed by atoms with E-state index in [0.717, 1.165) is 50.7 Å². The van der Waals surface area contributed by atoms with Gasteiger partial charge in [0.1, 0.15) is 17.0 Å². The number of aryl methyl sites for hydroxylation is 4. The molecule has 0 aliphatic heterocycles. The Bertz CT molecular complexity index is 2370. The second-order valence-corrected chi connectivity index (χ2v) is 14.3. The summed E-state index contributed by atoms with van der Waals surface area (Å²) in [5, 5.41) is 12.0. The Labute approximate surface area is 308 Å². The van der Waals surface area contributed by atoms with E-state index >= 15 is 0 Å². The third-order valence-electron chi connectivity index (χ3n) is 8.14. The van der Waals surface area contributed by atoms with E-state index in [1.165, 1.54) is 9.80 Å². The lowest BCUT2D eigenvalue weighted by Gasteiger charge is -2.19. The summed E-state index contributed by atoms with van der Waals surface area (Å²) in [7, 11) is 6.81. The third-order valence-corrected chi connectivity index (χ3v) is 8.14. The molecule has 0 spiro atoms. The van der Waals surface area contributed by atoms with Crippen LogP contribution in [-0.4, -0.2) is 90.7 Å². The highest BCUT2D eigenvalue weighted by Crippen LogP contribution is 2.28. The lowest BCUT2D eigenvalue weighted by Crippen LogP contribution is -2.27. The van der Waals surface area contributed by atoms with Crippen LogP contribution in [0.5, 0.6) is 0 Å². The van der Waals surface area contributed by atoms with E-state index in [1.54, 1.807) is 55.4 Å². The molecule has 0 bridgehead atoms. The fraction of sp³-hybridized carbons (Fsp3) is 0.308. The molecule has 0 atom stereocenters. The average Bonchev–Trinajstić information content (AvgIpc) is 3.68. The minimum Gasteiger partial charge on any atom is -0.444 e. The Balaban J connectivity index is 0.000000211. The number of nitrogen functional groups attached to an aromatic ring is 1. The number of amides is 3. The standard InChI is InChI=1S/C22H27N5O3.C17H19N5O/c1-13-10-15(23-21(29)30-22(3,4)5)8-9-16(13)17-12-19-24-18(20(28)26(6)7)11-14(2)27(19)25-17;1-10-7-12(18)5-6-13(10)14-9-16-19-15(17(23)21(3)4)8-11(2)22(16)20-14/h8-12H,1-7H3,(H,23,29);5-9H,18H2,1-4H3. The van der Waals surface area contributed by atoms with Gasteiger partial charge in [0.15, 0.2) is 11.3 Å². The summed E-state index contributed by atoms with van der Waals surface area (Å²) >= 11 is 0. The van der Waals surface area contributed by atoms with Gasteiger partial charge in [0.25, 0.3) is 11.8 Å². The first kappa shape index (κ1) is 37.9. The van der Waals surface area contributed by atoms with Crippen LogP contribution in [0, 0.1) is 27.7 Å². The lowest BCUT2D eigenvalue weighted by atomic mass is 10.1. The topological polar surface area (TPSA) is 165 Å². The number of anilines is 2. The molecule has 276 valence electrons. The van der Waals surface area contributed by atoms with Crippen molar-refractivity contribution >= 4 is 40.6 Å². The molecule has 3 amide bonds. The molecule has 53 heavy (non-hydrogen) atoms. The van der Waals surface area contributed by atoms with Crippen LogP contribution in [0.15, 0.2) is 60.7 Å². The van der Waals surface area contributed by atoms with E-state index in [2.05, 4.69) is 25.5 Å². The molecule has 14 heteroatoms. The van der Waals surface area contributed by atoms with E-state index in [9.17, 15) is 14.4 Å². The number of carbonyl (C=O) groups is 3. The Kier molecular flexibility index (Phi) is 10.5. The van der Waals surface area contributed by atoms with Gasteiger partial charge in [-0.25, -0.2) is 23.8 Å². The van der Waals surface area contributed by atoms with Crippen LogP contribution in [0.1, 0.15) is 64.3 Å². The number of rotatable bonds is 5. The van der Waals surface area contributed by atoms with Crippen molar-refractivity contribution in [2.75, 3.05) is 39.2 Å². The van der Waals surface area contributed by atoms with Crippen LogP contribution in [0.4, 0.5) is 16.2 Å². The number of nitrogens with two attached hydrogens (primary N) is 1. The number of nitrogens with one attached hydrogen (secondary N) is 1. The molecule has 6 rings (SSSR count). The molecule has 14 nitrogen and oxygen atoms in total. The summed E-state index contributed by atoms with van der Waals surface area (Å²) in [6, 6.07) is 18.5. The molecule has 0 aliphatic rings. The predicted octanol–water partition coefficient (Wildman–Crippen LogP) is 6.36. The Morgan fingerprint density at radius 2 is 1.13 bits per heavy atom. The van der Waals surface area contributed by atoms with Gasteiger partial charge < -0.3 is 20.3 Å². The van der Waals surface area contributed by atoms with Crippen molar-refractivity contribution < 1.29 is 19.1 Å². The third kappa shape index (κ3) is 8.60. The predicted molar refractivity (Wildman–Crippen MR) is 206 cm³/mol.